The lowest BCUT2D eigenvalue weighted by Crippen LogP contribution is -2.23. The Labute approximate surface area is 145 Å². The number of nitrogens with zero attached hydrogens (tertiary/aromatic N) is 2. The molecule has 2 aromatic heterocycles. The van der Waals surface area contributed by atoms with Crippen molar-refractivity contribution in [2.24, 2.45) is 0 Å². The summed E-state index contributed by atoms with van der Waals surface area (Å²) in [5.74, 6) is -0.486. The van der Waals surface area contributed by atoms with Crippen molar-refractivity contribution < 1.29 is 9.18 Å². The van der Waals surface area contributed by atoms with E-state index in [1.165, 1.54) is 18.3 Å². The molecule has 0 atom stereocenters. The SMILES string of the molecule is O=C(NCc1ccccn1)c1cncc(NCc2ccc(F)cc2)c1. The Morgan fingerprint density at radius 1 is 1.04 bits per heavy atom. The van der Waals surface area contributed by atoms with Gasteiger partial charge in [-0.25, -0.2) is 4.39 Å². The van der Waals surface area contributed by atoms with Crippen LogP contribution in [-0.2, 0) is 13.1 Å². The van der Waals surface area contributed by atoms with Crippen LogP contribution >= 0.6 is 0 Å². The molecule has 5 nitrogen and oxygen atoms in total. The van der Waals surface area contributed by atoms with E-state index < -0.39 is 0 Å². The summed E-state index contributed by atoms with van der Waals surface area (Å²) in [6.07, 6.45) is 4.83. The van der Waals surface area contributed by atoms with Gasteiger partial charge in [0.1, 0.15) is 5.82 Å². The van der Waals surface area contributed by atoms with E-state index in [4.69, 9.17) is 0 Å². The van der Waals surface area contributed by atoms with Gasteiger partial charge in [-0.1, -0.05) is 18.2 Å². The first-order valence-corrected chi connectivity index (χ1v) is 7.82. The molecule has 0 radical (unpaired) electrons. The van der Waals surface area contributed by atoms with E-state index in [-0.39, 0.29) is 11.7 Å². The number of aromatic nitrogens is 2. The van der Waals surface area contributed by atoms with E-state index >= 15 is 0 Å². The van der Waals surface area contributed by atoms with Crippen molar-refractivity contribution in [3.05, 3.63) is 89.8 Å². The van der Waals surface area contributed by atoms with Crippen molar-refractivity contribution in [1.82, 2.24) is 15.3 Å². The van der Waals surface area contributed by atoms with Crippen LogP contribution in [0.3, 0.4) is 0 Å². The van der Waals surface area contributed by atoms with Gasteiger partial charge in [0.2, 0.25) is 0 Å². The lowest BCUT2D eigenvalue weighted by atomic mass is 10.2. The molecule has 0 unspecified atom stereocenters. The fourth-order valence-corrected chi connectivity index (χ4v) is 2.24. The molecule has 6 heteroatoms. The number of hydrogen-bond acceptors (Lipinski definition) is 4. The molecule has 0 saturated heterocycles. The minimum absolute atomic E-state index is 0.219. The molecule has 2 N–H and O–H groups in total. The molecular formula is C19H17FN4O. The molecule has 1 aromatic carbocycles. The van der Waals surface area contributed by atoms with Crippen LogP contribution in [0.5, 0.6) is 0 Å². The standard InChI is InChI=1S/C19H17FN4O/c20-16-6-4-14(5-7-16)10-23-18-9-15(11-21-12-18)19(25)24-13-17-3-1-2-8-22-17/h1-9,11-12,23H,10,13H2,(H,24,25). The van der Waals surface area contributed by atoms with Crippen molar-refractivity contribution in [3.63, 3.8) is 0 Å². The van der Waals surface area contributed by atoms with Gasteiger partial charge in [-0.05, 0) is 35.9 Å². The quantitative estimate of drug-likeness (QED) is 0.726. The Bertz CT molecular complexity index is 838. The zero-order valence-electron chi connectivity index (χ0n) is 13.4. The number of rotatable bonds is 6. The van der Waals surface area contributed by atoms with Crippen LogP contribution < -0.4 is 10.6 Å². The van der Waals surface area contributed by atoms with Gasteiger partial charge in [0, 0.05) is 25.1 Å². The molecule has 3 aromatic rings. The molecule has 0 bridgehead atoms. The number of carbonyl (C=O) groups is 1. The van der Waals surface area contributed by atoms with Gasteiger partial charge in [0.25, 0.3) is 5.91 Å². The third-order valence-electron chi connectivity index (χ3n) is 3.57. The van der Waals surface area contributed by atoms with Crippen LogP contribution in [0, 0.1) is 5.82 Å². The van der Waals surface area contributed by atoms with Gasteiger partial charge in [0.15, 0.2) is 0 Å². The second-order valence-electron chi connectivity index (χ2n) is 5.45. The first-order valence-electron chi connectivity index (χ1n) is 7.82. The highest BCUT2D eigenvalue weighted by Crippen LogP contribution is 2.11. The number of halogens is 1. The zero-order chi connectivity index (χ0) is 17.5. The van der Waals surface area contributed by atoms with Crippen molar-refractivity contribution in [2.75, 3.05) is 5.32 Å². The van der Waals surface area contributed by atoms with Crippen molar-refractivity contribution in [3.8, 4) is 0 Å². The average molecular weight is 336 g/mol. The first kappa shape index (κ1) is 16.6. The summed E-state index contributed by atoms with van der Waals surface area (Å²) in [7, 11) is 0. The van der Waals surface area contributed by atoms with Crippen molar-refractivity contribution in [1.29, 1.82) is 0 Å². The summed E-state index contributed by atoms with van der Waals surface area (Å²) >= 11 is 0. The average Bonchev–Trinajstić information content (AvgIpc) is 2.67. The second kappa shape index (κ2) is 8.01. The lowest BCUT2D eigenvalue weighted by Gasteiger charge is -2.09. The predicted molar refractivity (Wildman–Crippen MR) is 93.4 cm³/mol. The van der Waals surface area contributed by atoms with E-state index in [0.29, 0.717) is 18.7 Å². The highest BCUT2D eigenvalue weighted by atomic mass is 19.1. The third kappa shape index (κ3) is 4.84. The smallest absolute Gasteiger partial charge is 0.253 e. The summed E-state index contributed by atoms with van der Waals surface area (Å²) in [6.45, 7) is 0.869. The molecule has 126 valence electrons. The Balaban J connectivity index is 1.58. The van der Waals surface area contributed by atoms with E-state index in [1.807, 2.05) is 18.2 Å². The molecule has 2 heterocycles. The maximum Gasteiger partial charge on any atom is 0.253 e. The van der Waals surface area contributed by atoms with E-state index in [9.17, 15) is 9.18 Å². The fraction of sp³-hybridized carbons (Fsp3) is 0.105. The highest BCUT2D eigenvalue weighted by molar-refractivity contribution is 5.94. The number of hydrogen-bond donors (Lipinski definition) is 2. The maximum absolute atomic E-state index is 12.9. The molecule has 0 aliphatic heterocycles. The molecule has 0 fully saturated rings. The molecule has 3 rings (SSSR count). The van der Waals surface area contributed by atoms with Gasteiger partial charge in [0.05, 0.1) is 23.5 Å². The van der Waals surface area contributed by atoms with Crippen LogP contribution in [-0.4, -0.2) is 15.9 Å². The molecular weight excluding hydrogens is 319 g/mol. The minimum Gasteiger partial charge on any atom is -0.380 e. The highest BCUT2D eigenvalue weighted by Gasteiger charge is 2.07. The number of carbonyl (C=O) groups excluding carboxylic acids is 1. The zero-order valence-corrected chi connectivity index (χ0v) is 13.4. The molecule has 1 amide bonds. The summed E-state index contributed by atoms with van der Waals surface area (Å²) in [5, 5.41) is 5.98. The topological polar surface area (TPSA) is 66.9 Å². The van der Waals surface area contributed by atoms with Crippen LogP contribution in [0.1, 0.15) is 21.6 Å². The van der Waals surface area contributed by atoms with E-state index in [0.717, 1.165) is 16.9 Å². The molecule has 0 spiro atoms. The Morgan fingerprint density at radius 2 is 1.88 bits per heavy atom. The van der Waals surface area contributed by atoms with Crippen LogP contribution in [0.25, 0.3) is 0 Å². The monoisotopic (exact) mass is 336 g/mol. The maximum atomic E-state index is 12.9. The van der Waals surface area contributed by atoms with Gasteiger partial charge in [-0.15, -0.1) is 0 Å². The van der Waals surface area contributed by atoms with Crippen LogP contribution in [0.4, 0.5) is 10.1 Å². The summed E-state index contributed by atoms with van der Waals surface area (Å²) in [6, 6.07) is 13.5. The Hall–Kier alpha value is -3.28. The summed E-state index contributed by atoms with van der Waals surface area (Å²) in [4.78, 5) is 20.5. The number of pyridine rings is 2. The Kier molecular flexibility index (Phi) is 5.31. The second-order valence-corrected chi connectivity index (χ2v) is 5.45. The Morgan fingerprint density at radius 3 is 2.64 bits per heavy atom. The van der Waals surface area contributed by atoms with E-state index in [2.05, 4.69) is 20.6 Å². The van der Waals surface area contributed by atoms with Gasteiger partial charge in [-0.3, -0.25) is 14.8 Å². The van der Waals surface area contributed by atoms with Gasteiger partial charge < -0.3 is 10.6 Å². The largest absolute Gasteiger partial charge is 0.380 e. The molecule has 0 saturated carbocycles. The lowest BCUT2D eigenvalue weighted by molar-refractivity contribution is 0.0950. The third-order valence-corrected chi connectivity index (χ3v) is 3.57. The van der Waals surface area contributed by atoms with Crippen molar-refractivity contribution in [2.45, 2.75) is 13.1 Å². The fourth-order valence-electron chi connectivity index (χ4n) is 2.24. The number of anilines is 1. The van der Waals surface area contributed by atoms with E-state index in [1.54, 1.807) is 30.6 Å². The number of nitrogens with one attached hydrogen (secondary N) is 2. The molecule has 25 heavy (non-hydrogen) atoms. The summed E-state index contributed by atoms with van der Waals surface area (Å²) in [5.41, 5.74) is 2.90. The predicted octanol–water partition coefficient (Wildman–Crippen LogP) is 3.16. The first-order chi connectivity index (χ1) is 12.2. The number of amides is 1. The normalized spacial score (nSPS) is 10.3. The van der Waals surface area contributed by atoms with Crippen molar-refractivity contribution >= 4 is 11.6 Å². The molecule has 0 aliphatic carbocycles. The van der Waals surface area contributed by atoms with Gasteiger partial charge >= 0.3 is 0 Å². The van der Waals surface area contributed by atoms with Crippen LogP contribution in [0.15, 0.2) is 67.1 Å². The number of benzene rings is 1. The minimum atomic E-state index is -0.267. The van der Waals surface area contributed by atoms with Crippen LogP contribution in [0.2, 0.25) is 0 Å². The molecule has 0 aliphatic rings. The van der Waals surface area contributed by atoms with Gasteiger partial charge in [-0.2, -0.15) is 0 Å². The summed E-state index contributed by atoms with van der Waals surface area (Å²) < 4.78 is 12.9.